The van der Waals surface area contributed by atoms with E-state index in [1.165, 1.54) is 6.20 Å². The lowest BCUT2D eigenvalue weighted by molar-refractivity contribution is -0.105. The molecule has 1 aliphatic heterocycles. The van der Waals surface area contributed by atoms with Crippen molar-refractivity contribution in [3.05, 3.63) is 66.5 Å². The molecule has 1 aliphatic rings. The summed E-state index contributed by atoms with van der Waals surface area (Å²) < 4.78 is 41.7. The number of anilines is 1. The van der Waals surface area contributed by atoms with E-state index < -0.39 is 10.0 Å². The minimum Gasteiger partial charge on any atom is -0.461 e. The van der Waals surface area contributed by atoms with E-state index in [0.717, 1.165) is 24.6 Å². The zero-order valence-corrected chi connectivity index (χ0v) is 17.6. The maximum Gasteiger partial charge on any atom is 0.239 e. The smallest absolute Gasteiger partial charge is 0.239 e. The number of rotatable bonds is 6. The molecule has 0 saturated carbocycles. The molecule has 8 nitrogen and oxygen atoms in total. The summed E-state index contributed by atoms with van der Waals surface area (Å²) in [5, 5.41) is 0.855. The number of nitrogens with zero attached hydrogens (tertiary/aromatic N) is 3. The Bertz CT molecular complexity index is 1320. The number of sulfonamides is 1. The van der Waals surface area contributed by atoms with Gasteiger partial charge in [0.25, 0.3) is 0 Å². The molecule has 0 bridgehead atoms. The van der Waals surface area contributed by atoms with Gasteiger partial charge in [-0.3, -0.25) is 9.12 Å². The molecule has 0 aliphatic carbocycles. The molecule has 4 aromatic rings. The maximum atomic E-state index is 12.8. The molecule has 0 spiro atoms. The molecular formula is C22H22N4O4S. The van der Waals surface area contributed by atoms with Crippen molar-refractivity contribution in [3.8, 4) is 5.75 Å². The van der Waals surface area contributed by atoms with Crippen LogP contribution in [0.4, 0.5) is 5.95 Å². The fourth-order valence-electron chi connectivity index (χ4n) is 3.75. The van der Waals surface area contributed by atoms with Crippen LogP contribution in [0.2, 0.25) is 0 Å². The van der Waals surface area contributed by atoms with Crippen molar-refractivity contribution in [2.75, 3.05) is 11.3 Å². The van der Waals surface area contributed by atoms with Gasteiger partial charge in [-0.1, -0.05) is 30.3 Å². The highest BCUT2D eigenvalue weighted by Crippen LogP contribution is 2.31. The van der Waals surface area contributed by atoms with Crippen LogP contribution in [0, 0.1) is 0 Å². The van der Waals surface area contributed by atoms with Gasteiger partial charge in [-0.05, 0) is 36.6 Å². The molecule has 1 aromatic carbocycles. The number of benzene rings is 1. The molecule has 4 heterocycles. The van der Waals surface area contributed by atoms with Crippen LogP contribution < -0.4 is 9.46 Å². The van der Waals surface area contributed by atoms with Crippen LogP contribution in [0.5, 0.6) is 5.75 Å². The monoisotopic (exact) mass is 438 g/mol. The van der Waals surface area contributed by atoms with Crippen LogP contribution in [-0.2, 0) is 20.5 Å². The fourth-order valence-corrected chi connectivity index (χ4v) is 4.88. The lowest BCUT2D eigenvalue weighted by Gasteiger charge is -2.23. The quantitative estimate of drug-likeness (QED) is 0.493. The van der Waals surface area contributed by atoms with Gasteiger partial charge in [0.2, 0.25) is 16.0 Å². The van der Waals surface area contributed by atoms with Gasteiger partial charge < -0.3 is 9.47 Å². The Labute approximate surface area is 179 Å². The van der Waals surface area contributed by atoms with Crippen molar-refractivity contribution in [2.24, 2.45) is 0 Å². The van der Waals surface area contributed by atoms with Crippen LogP contribution in [0.25, 0.3) is 16.6 Å². The van der Waals surface area contributed by atoms with Crippen molar-refractivity contribution in [2.45, 2.75) is 31.3 Å². The number of aromatic nitrogens is 3. The van der Waals surface area contributed by atoms with Gasteiger partial charge in [-0.25, -0.2) is 18.4 Å². The average Bonchev–Trinajstić information content (AvgIpc) is 3.17. The third-order valence-electron chi connectivity index (χ3n) is 5.17. The SMILES string of the molecule is O=S(=O)(Cc1ccccc1)Nc1ncc(OC2CCCCO2)c2cc3cccnc3n12. The van der Waals surface area contributed by atoms with Crippen LogP contribution in [0.1, 0.15) is 24.8 Å². The molecule has 1 N–H and O–H groups in total. The summed E-state index contributed by atoms with van der Waals surface area (Å²) in [6.07, 6.45) is 5.72. The third kappa shape index (κ3) is 4.19. The Balaban J connectivity index is 1.54. The first-order valence-electron chi connectivity index (χ1n) is 10.2. The number of pyridine rings is 1. The zero-order valence-electron chi connectivity index (χ0n) is 16.8. The van der Waals surface area contributed by atoms with Crippen molar-refractivity contribution in [3.63, 3.8) is 0 Å². The molecule has 31 heavy (non-hydrogen) atoms. The van der Waals surface area contributed by atoms with Crippen LogP contribution in [0.3, 0.4) is 0 Å². The molecule has 160 valence electrons. The Morgan fingerprint density at radius 2 is 2.00 bits per heavy atom. The lowest BCUT2D eigenvalue weighted by Crippen LogP contribution is -2.25. The minimum absolute atomic E-state index is 0.155. The Morgan fingerprint density at radius 1 is 1.13 bits per heavy atom. The molecule has 9 heteroatoms. The average molecular weight is 439 g/mol. The first-order chi connectivity index (χ1) is 15.1. The normalized spacial score (nSPS) is 17.1. The highest BCUT2D eigenvalue weighted by atomic mass is 32.2. The van der Waals surface area contributed by atoms with Crippen LogP contribution in [-0.4, -0.2) is 35.7 Å². The van der Waals surface area contributed by atoms with E-state index in [9.17, 15) is 8.42 Å². The van der Waals surface area contributed by atoms with Gasteiger partial charge in [-0.15, -0.1) is 0 Å². The number of hydrogen-bond acceptors (Lipinski definition) is 6. The standard InChI is InChI=1S/C22H22N4O4S/c27-31(28,15-16-7-2-1-3-8-16)25-22-24-14-19(30-20-10-4-5-12-29-20)18-13-17-9-6-11-23-21(17)26(18)22/h1-3,6-9,11,13-14,20H,4-5,10,12,15H2,(H,24,25). The van der Waals surface area contributed by atoms with Gasteiger partial charge >= 0.3 is 0 Å². The Morgan fingerprint density at radius 3 is 2.81 bits per heavy atom. The summed E-state index contributed by atoms with van der Waals surface area (Å²) in [6, 6.07) is 14.7. The van der Waals surface area contributed by atoms with Gasteiger partial charge in [-0.2, -0.15) is 0 Å². The van der Waals surface area contributed by atoms with Gasteiger partial charge in [0.15, 0.2) is 12.0 Å². The second-order valence-electron chi connectivity index (χ2n) is 7.49. The molecule has 1 atom stereocenters. The summed E-state index contributed by atoms with van der Waals surface area (Å²) in [7, 11) is -3.69. The Hall–Kier alpha value is -3.17. The number of nitrogens with one attached hydrogen (secondary N) is 1. The van der Waals surface area contributed by atoms with E-state index in [2.05, 4.69) is 14.7 Å². The molecule has 0 radical (unpaired) electrons. The van der Waals surface area contributed by atoms with Crippen molar-refractivity contribution in [1.29, 1.82) is 0 Å². The lowest BCUT2D eigenvalue weighted by atomic mass is 10.2. The molecule has 1 fully saturated rings. The Kier molecular flexibility index (Phi) is 5.21. The predicted octanol–water partition coefficient (Wildman–Crippen LogP) is 3.73. The van der Waals surface area contributed by atoms with E-state index in [-0.39, 0.29) is 18.0 Å². The fraction of sp³-hybridized carbons (Fsp3) is 0.273. The van der Waals surface area contributed by atoms with Gasteiger partial charge in [0, 0.05) is 18.0 Å². The summed E-state index contributed by atoms with van der Waals surface area (Å²) in [5.74, 6) is 0.533. The summed E-state index contributed by atoms with van der Waals surface area (Å²) in [5.41, 5.74) is 1.96. The third-order valence-corrected chi connectivity index (χ3v) is 6.38. The van der Waals surface area contributed by atoms with Crippen LogP contribution in [0.15, 0.2) is 60.9 Å². The highest BCUT2D eigenvalue weighted by molar-refractivity contribution is 7.91. The minimum atomic E-state index is -3.69. The van der Waals surface area contributed by atoms with Gasteiger partial charge in [0.1, 0.15) is 5.65 Å². The molecular weight excluding hydrogens is 416 g/mol. The number of ether oxygens (including phenoxy) is 2. The zero-order chi connectivity index (χ0) is 21.3. The molecule has 5 rings (SSSR count). The molecule has 3 aromatic heterocycles. The number of hydrogen-bond donors (Lipinski definition) is 1. The topological polar surface area (TPSA) is 94.8 Å². The summed E-state index contributed by atoms with van der Waals surface area (Å²) >= 11 is 0. The second-order valence-corrected chi connectivity index (χ2v) is 9.21. The maximum absolute atomic E-state index is 12.8. The summed E-state index contributed by atoms with van der Waals surface area (Å²) in [4.78, 5) is 8.81. The van der Waals surface area contributed by atoms with Crippen molar-refractivity contribution < 1.29 is 17.9 Å². The van der Waals surface area contributed by atoms with E-state index in [4.69, 9.17) is 9.47 Å². The first kappa shape index (κ1) is 19.8. The van der Waals surface area contributed by atoms with E-state index >= 15 is 0 Å². The predicted molar refractivity (Wildman–Crippen MR) is 117 cm³/mol. The van der Waals surface area contributed by atoms with E-state index in [1.54, 1.807) is 22.7 Å². The summed E-state index contributed by atoms with van der Waals surface area (Å²) in [6.45, 7) is 0.663. The highest BCUT2D eigenvalue weighted by Gasteiger charge is 2.21. The largest absolute Gasteiger partial charge is 0.461 e. The van der Waals surface area contributed by atoms with Crippen LogP contribution >= 0.6 is 0 Å². The van der Waals surface area contributed by atoms with Gasteiger partial charge in [0.05, 0.1) is 24.1 Å². The molecule has 1 saturated heterocycles. The van der Waals surface area contributed by atoms with E-state index in [0.29, 0.717) is 29.1 Å². The first-order valence-corrected chi connectivity index (χ1v) is 11.8. The van der Waals surface area contributed by atoms with Crippen molar-refractivity contribution in [1.82, 2.24) is 14.4 Å². The van der Waals surface area contributed by atoms with Crippen molar-refractivity contribution >= 4 is 32.5 Å². The number of fused-ring (bicyclic) bond motifs is 3. The molecule has 0 amide bonds. The molecule has 1 unspecified atom stereocenters. The van der Waals surface area contributed by atoms with E-state index in [1.807, 2.05) is 36.4 Å². The second kappa shape index (κ2) is 8.16.